The van der Waals surface area contributed by atoms with Gasteiger partial charge in [-0.3, -0.25) is 4.90 Å². The summed E-state index contributed by atoms with van der Waals surface area (Å²) in [5.74, 6) is 1.36. The molecule has 3 rings (SSSR count). The van der Waals surface area contributed by atoms with Crippen molar-refractivity contribution in [1.82, 2.24) is 0 Å². The zero-order chi connectivity index (χ0) is 16.8. The van der Waals surface area contributed by atoms with E-state index in [1.165, 1.54) is 0 Å². The molecule has 1 aromatic rings. The normalized spacial score (nSPS) is 18.7. The van der Waals surface area contributed by atoms with E-state index in [9.17, 15) is 4.79 Å². The summed E-state index contributed by atoms with van der Waals surface area (Å²) in [5.41, 5.74) is 0.785. The number of ether oxygens (including phenoxy) is 3. The molecule has 0 unspecified atom stereocenters. The molecule has 0 radical (unpaired) electrons. The van der Waals surface area contributed by atoms with Crippen LogP contribution in [-0.2, 0) is 4.74 Å². The number of hydrogen-bond acceptors (Lipinski definition) is 5. The molecule has 0 atom stereocenters. The third kappa shape index (κ3) is 3.30. The van der Waals surface area contributed by atoms with Crippen molar-refractivity contribution in [2.24, 2.45) is 0 Å². The SMILES string of the molecule is CC1(C)CN(C(=O)OC(C)(C)C)c2cc3c(cc2N1)OCCO3. The highest BCUT2D eigenvalue weighted by Crippen LogP contribution is 2.43. The van der Waals surface area contributed by atoms with Crippen molar-refractivity contribution >= 4 is 17.5 Å². The number of carbonyl (C=O) groups is 1. The second-order valence-electron chi connectivity index (χ2n) is 7.59. The predicted molar refractivity (Wildman–Crippen MR) is 88.7 cm³/mol. The fourth-order valence-corrected chi connectivity index (χ4v) is 2.77. The van der Waals surface area contributed by atoms with Crippen LogP contribution in [0.15, 0.2) is 12.1 Å². The van der Waals surface area contributed by atoms with E-state index < -0.39 is 5.60 Å². The molecule has 0 bridgehead atoms. The topological polar surface area (TPSA) is 60.0 Å². The van der Waals surface area contributed by atoms with Gasteiger partial charge in [-0.1, -0.05) is 0 Å². The Hall–Kier alpha value is -2.11. The highest BCUT2D eigenvalue weighted by Gasteiger charge is 2.36. The molecule has 6 heteroatoms. The molecule has 2 aliphatic heterocycles. The maximum atomic E-state index is 12.6. The lowest BCUT2D eigenvalue weighted by Crippen LogP contribution is -2.52. The molecule has 2 aliphatic rings. The molecule has 126 valence electrons. The third-order valence-corrected chi connectivity index (χ3v) is 3.59. The van der Waals surface area contributed by atoms with Gasteiger partial charge in [0.25, 0.3) is 0 Å². The van der Waals surface area contributed by atoms with Crippen molar-refractivity contribution in [3.8, 4) is 11.5 Å². The zero-order valence-corrected chi connectivity index (χ0v) is 14.4. The smallest absolute Gasteiger partial charge is 0.414 e. The van der Waals surface area contributed by atoms with Gasteiger partial charge in [0.15, 0.2) is 11.5 Å². The molecule has 1 amide bonds. The molecule has 0 saturated carbocycles. The van der Waals surface area contributed by atoms with Gasteiger partial charge < -0.3 is 19.5 Å². The summed E-state index contributed by atoms with van der Waals surface area (Å²) in [6.07, 6.45) is -0.356. The van der Waals surface area contributed by atoms with Gasteiger partial charge in [-0.05, 0) is 34.6 Å². The van der Waals surface area contributed by atoms with E-state index in [0.29, 0.717) is 31.3 Å². The van der Waals surface area contributed by atoms with Crippen LogP contribution in [0.2, 0.25) is 0 Å². The summed E-state index contributed by atoms with van der Waals surface area (Å²) in [7, 11) is 0. The molecule has 23 heavy (non-hydrogen) atoms. The third-order valence-electron chi connectivity index (χ3n) is 3.59. The monoisotopic (exact) mass is 320 g/mol. The second-order valence-corrected chi connectivity index (χ2v) is 7.59. The summed E-state index contributed by atoms with van der Waals surface area (Å²) in [4.78, 5) is 14.3. The first-order valence-corrected chi connectivity index (χ1v) is 7.87. The van der Waals surface area contributed by atoms with Gasteiger partial charge in [0, 0.05) is 17.7 Å². The summed E-state index contributed by atoms with van der Waals surface area (Å²) < 4.78 is 16.8. The van der Waals surface area contributed by atoms with Crippen LogP contribution < -0.4 is 19.7 Å². The molecule has 0 spiro atoms. The number of nitrogens with one attached hydrogen (secondary N) is 1. The van der Waals surface area contributed by atoms with Crippen molar-refractivity contribution in [2.45, 2.75) is 45.8 Å². The van der Waals surface area contributed by atoms with E-state index in [1.807, 2.05) is 46.8 Å². The van der Waals surface area contributed by atoms with E-state index in [4.69, 9.17) is 14.2 Å². The van der Waals surface area contributed by atoms with Crippen LogP contribution in [0.3, 0.4) is 0 Å². The molecule has 1 aromatic carbocycles. The van der Waals surface area contributed by atoms with Crippen molar-refractivity contribution in [1.29, 1.82) is 0 Å². The first kappa shape index (κ1) is 15.8. The highest BCUT2D eigenvalue weighted by molar-refractivity contribution is 5.95. The number of amides is 1. The standard InChI is InChI=1S/C17H24N2O4/c1-16(2,3)23-15(20)19-10-17(4,5)18-11-8-13-14(9-12(11)19)22-7-6-21-13/h8-9,18H,6-7,10H2,1-5H3. The highest BCUT2D eigenvalue weighted by atomic mass is 16.6. The number of carbonyl (C=O) groups excluding carboxylic acids is 1. The lowest BCUT2D eigenvalue weighted by Gasteiger charge is -2.41. The van der Waals surface area contributed by atoms with Crippen LogP contribution in [0.25, 0.3) is 0 Å². The fourth-order valence-electron chi connectivity index (χ4n) is 2.77. The number of rotatable bonds is 0. The van der Waals surface area contributed by atoms with E-state index >= 15 is 0 Å². The fraction of sp³-hybridized carbons (Fsp3) is 0.588. The van der Waals surface area contributed by atoms with Gasteiger partial charge in [0.1, 0.15) is 18.8 Å². The first-order valence-electron chi connectivity index (χ1n) is 7.87. The minimum Gasteiger partial charge on any atom is -0.486 e. The van der Waals surface area contributed by atoms with Crippen LogP contribution in [0.5, 0.6) is 11.5 Å². The number of fused-ring (bicyclic) bond motifs is 2. The molecular formula is C17H24N2O4. The molecule has 2 heterocycles. The molecular weight excluding hydrogens is 296 g/mol. The van der Waals surface area contributed by atoms with Crippen molar-refractivity contribution in [2.75, 3.05) is 30.0 Å². The summed E-state index contributed by atoms with van der Waals surface area (Å²) in [6.45, 7) is 11.2. The van der Waals surface area contributed by atoms with Gasteiger partial charge >= 0.3 is 6.09 Å². The average Bonchev–Trinajstić information content (AvgIpc) is 2.41. The summed E-state index contributed by atoms with van der Waals surface area (Å²) in [5, 5.41) is 3.45. The Morgan fingerprint density at radius 3 is 2.43 bits per heavy atom. The Morgan fingerprint density at radius 1 is 1.22 bits per heavy atom. The Morgan fingerprint density at radius 2 is 1.83 bits per heavy atom. The lowest BCUT2D eigenvalue weighted by atomic mass is 9.99. The van der Waals surface area contributed by atoms with Gasteiger partial charge in [-0.2, -0.15) is 0 Å². The molecule has 0 fully saturated rings. The van der Waals surface area contributed by atoms with E-state index in [1.54, 1.807) is 4.90 Å². The molecule has 0 saturated heterocycles. The minimum atomic E-state index is -0.542. The Kier molecular flexibility index (Phi) is 3.58. The maximum Gasteiger partial charge on any atom is 0.414 e. The maximum absolute atomic E-state index is 12.6. The van der Waals surface area contributed by atoms with Crippen LogP contribution >= 0.6 is 0 Å². The largest absolute Gasteiger partial charge is 0.486 e. The molecule has 1 N–H and O–H groups in total. The first-order chi connectivity index (χ1) is 10.6. The lowest BCUT2D eigenvalue weighted by molar-refractivity contribution is 0.0573. The van der Waals surface area contributed by atoms with E-state index in [2.05, 4.69) is 5.32 Å². The quantitative estimate of drug-likeness (QED) is 0.794. The van der Waals surface area contributed by atoms with Gasteiger partial charge in [0.05, 0.1) is 17.9 Å². The molecule has 0 aromatic heterocycles. The van der Waals surface area contributed by atoms with Crippen LogP contribution in [0, 0.1) is 0 Å². The van der Waals surface area contributed by atoms with Crippen LogP contribution in [0.1, 0.15) is 34.6 Å². The van der Waals surface area contributed by atoms with Gasteiger partial charge in [-0.25, -0.2) is 4.79 Å². The predicted octanol–water partition coefficient (Wildman–Crippen LogP) is 3.40. The van der Waals surface area contributed by atoms with Gasteiger partial charge in [0.2, 0.25) is 0 Å². The van der Waals surface area contributed by atoms with E-state index in [-0.39, 0.29) is 11.6 Å². The number of benzene rings is 1. The zero-order valence-electron chi connectivity index (χ0n) is 14.4. The van der Waals surface area contributed by atoms with Crippen LogP contribution in [-0.4, -0.2) is 37.0 Å². The second kappa shape index (κ2) is 5.22. The summed E-state index contributed by atoms with van der Waals surface area (Å²) in [6, 6.07) is 3.73. The molecule has 0 aliphatic carbocycles. The Labute approximate surface area is 136 Å². The average molecular weight is 320 g/mol. The Balaban J connectivity index is 2.00. The van der Waals surface area contributed by atoms with Crippen molar-refractivity contribution < 1.29 is 19.0 Å². The number of anilines is 2. The van der Waals surface area contributed by atoms with Crippen molar-refractivity contribution in [3.63, 3.8) is 0 Å². The number of nitrogens with zero attached hydrogens (tertiary/aromatic N) is 1. The molecule has 6 nitrogen and oxygen atoms in total. The van der Waals surface area contributed by atoms with Gasteiger partial charge in [-0.15, -0.1) is 0 Å². The minimum absolute atomic E-state index is 0.270. The van der Waals surface area contributed by atoms with E-state index in [0.717, 1.165) is 11.4 Å². The van der Waals surface area contributed by atoms with Crippen molar-refractivity contribution in [3.05, 3.63) is 12.1 Å². The Bertz CT molecular complexity index is 634. The summed E-state index contributed by atoms with van der Waals surface area (Å²) >= 11 is 0. The number of hydrogen-bond donors (Lipinski definition) is 1. The van der Waals surface area contributed by atoms with Crippen LogP contribution in [0.4, 0.5) is 16.2 Å².